The molecule has 5 atom stereocenters. The molecule has 332 valence electrons. The summed E-state index contributed by atoms with van der Waals surface area (Å²) in [6, 6.07) is 48.7. The van der Waals surface area contributed by atoms with E-state index >= 15 is 4.79 Å². The molecule has 0 N–H and O–H groups in total. The molecule has 65 heavy (non-hydrogen) atoms. The highest BCUT2D eigenvalue weighted by Gasteiger charge is 2.51. The zero-order valence-electron chi connectivity index (χ0n) is 36.1. The highest BCUT2D eigenvalue weighted by atomic mass is 16.7. The van der Waals surface area contributed by atoms with E-state index in [9.17, 15) is 9.59 Å². The standard InChI is InChI=1S/C53H48O12/c1-34-48(62-35(2)54)51(63-36(3)55)52(60-33-40-22-14-7-15-23-40)53(61-34)65-50-47(56)46-44(59-32-39-20-12-6-13-21-39)28-43(58-31-38-18-10-5-11-19-38)29-45(46)64-49(50)41-24-26-42(27-25-41)57-30-37-16-8-4-9-17-37/h4-29,34,48,51-53H,30-33H2,1-3H3/t34-,48?,51?,52+,53?/m0/s1. The molecule has 1 aliphatic heterocycles. The Morgan fingerprint density at radius 3 is 1.58 bits per heavy atom. The van der Waals surface area contributed by atoms with Gasteiger partial charge in [-0.3, -0.25) is 14.4 Å². The Morgan fingerprint density at radius 1 is 0.554 bits per heavy atom. The van der Waals surface area contributed by atoms with Crippen molar-refractivity contribution in [3.63, 3.8) is 0 Å². The second-order valence-electron chi connectivity index (χ2n) is 15.5. The van der Waals surface area contributed by atoms with E-state index in [0.717, 1.165) is 22.3 Å². The van der Waals surface area contributed by atoms with Crippen LogP contribution >= 0.6 is 0 Å². The van der Waals surface area contributed by atoms with Crippen LogP contribution in [0.4, 0.5) is 0 Å². The average molecular weight is 877 g/mol. The van der Waals surface area contributed by atoms with Gasteiger partial charge in [-0.25, -0.2) is 0 Å². The summed E-state index contributed by atoms with van der Waals surface area (Å²) in [6.07, 6.45) is -5.81. The van der Waals surface area contributed by atoms with E-state index in [1.54, 1.807) is 43.3 Å². The van der Waals surface area contributed by atoms with Crippen molar-refractivity contribution in [2.24, 2.45) is 0 Å². The first-order valence-electron chi connectivity index (χ1n) is 21.3. The maximum atomic E-state index is 15.3. The lowest BCUT2D eigenvalue weighted by Crippen LogP contribution is -2.61. The lowest BCUT2D eigenvalue weighted by atomic mass is 9.98. The minimum atomic E-state index is -1.40. The largest absolute Gasteiger partial charge is 0.489 e. The van der Waals surface area contributed by atoms with Crippen LogP contribution in [0.5, 0.6) is 23.0 Å². The van der Waals surface area contributed by atoms with Gasteiger partial charge in [-0.1, -0.05) is 121 Å². The first-order chi connectivity index (χ1) is 31.7. The van der Waals surface area contributed by atoms with Gasteiger partial charge in [0.2, 0.25) is 17.5 Å². The maximum Gasteiger partial charge on any atom is 0.303 e. The van der Waals surface area contributed by atoms with Crippen molar-refractivity contribution in [2.45, 2.75) is 77.9 Å². The molecule has 6 aromatic carbocycles. The highest BCUT2D eigenvalue weighted by Crippen LogP contribution is 2.40. The predicted octanol–water partition coefficient (Wildman–Crippen LogP) is 9.77. The zero-order valence-corrected chi connectivity index (χ0v) is 36.1. The number of carbonyl (C=O) groups excluding carboxylic acids is 2. The monoisotopic (exact) mass is 876 g/mol. The molecule has 0 saturated carbocycles. The second kappa shape index (κ2) is 20.8. The molecule has 7 aromatic rings. The minimum Gasteiger partial charge on any atom is -0.489 e. The van der Waals surface area contributed by atoms with Crippen molar-refractivity contribution in [3.05, 3.63) is 190 Å². The first kappa shape index (κ1) is 44.2. The number of esters is 2. The number of hydrogen-bond acceptors (Lipinski definition) is 12. The Balaban J connectivity index is 1.24. The fraction of sp³-hybridized carbons (Fsp3) is 0.226. The average Bonchev–Trinajstić information content (AvgIpc) is 3.32. The molecule has 0 radical (unpaired) electrons. The number of hydrogen-bond donors (Lipinski definition) is 0. The SMILES string of the molecule is CC(=O)OC1C(OC(C)=O)[C@H](C)OC(Oc2c(-c3ccc(OCc4ccccc4)cc3)oc3cc(OCc4ccccc4)cc(OCc4ccccc4)c3c2=O)[C@@H]1OCc1ccccc1. The highest BCUT2D eigenvalue weighted by molar-refractivity contribution is 5.88. The Labute approximate surface area is 376 Å². The summed E-state index contributed by atoms with van der Waals surface area (Å²) in [4.78, 5) is 40.4. The van der Waals surface area contributed by atoms with E-state index in [4.69, 9.17) is 42.3 Å². The lowest BCUT2D eigenvalue weighted by Gasteiger charge is -2.43. The van der Waals surface area contributed by atoms with Gasteiger partial charge in [0.15, 0.2) is 24.1 Å². The van der Waals surface area contributed by atoms with E-state index in [2.05, 4.69) is 0 Å². The number of carbonyl (C=O) groups is 2. The van der Waals surface area contributed by atoms with Crippen LogP contribution < -0.4 is 24.4 Å². The molecular formula is C53H48O12. The van der Waals surface area contributed by atoms with E-state index in [0.29, 0.717) is 23.7 Å². The number of rotatable bonds is 17. The lowest BCUT2D eigenvalue weighted by molar-refractivity contribution is -0.287. The Hall–Kier alpha value is -7.41. The summed E-state index contributed by atoms with van der Waals surface area (Å²) in [6.45, 7) is 4.88. The topological polar surface area (TPSA) is 138 Å². The first-order valence-corrected chi connectivity index (χ1v) is 21.3. The molecule has 12 heteroatoms. The van der Waals surface area contributed by atoms with Gasteiger partial charge in [-0.05, 0) is 53.4 Å². The number of fused-ring (bicyclic) bond motifs is 1. The van der Waals surface area contributed by atoms with Crippen LogP contribution in [0, 0.1) is 0 Å². The van der Waals surface area contributed by atoms with Crippen LogP contribution in [0.15, 0.2) is 167 Å². The molecule has 12 nitrogen and oxygen atoms in total. The maximum absolute atomic E-state index is 15.3. The van der Waals surface area contributed by atoms with Crippen molar-refractivity contribution in [2.75, 3.05) is 0 Å². The molecule has 0 bridgehead atoms. The van der Waals surface area contributed by atoms with Crippen LogP contribution in [-0.2, 0) is 55.0 Å². The van der Waals surface area contributed by atoms with Gasteiger partial charge >= 0.3 is 11.9 Å². The molecule has 1 fully saturated rings. The molecule has 2 heterocycles. The molecule has 1 aromatic heterocycles. The van der Waals surface area contributed by atoms with Gasteiger partial charge in [0.05, 0.1) is 12.7 Å². The summed E-state index contributed by atoms with van der Waals surface area (Å²) < 4.78 is 56.6. The third-order valence-corrected chi connectivity index (χ3v) is 10.6. The molecule has 0 amide bonds. The summed E-state index contributed by atoms with van der Waals surface area (Å²) in [5, 5.41) is 0.0782. The van der Waals surface area contributed by atoms with E-state index in [-0.39, 0.29) is 48.0 Å². The van der Waals surface area contributed by atoms with Crippen molar-refractivity contribution < 1.29 is 51.9 Å². The number of benzene rings is 6. The molecule has 1 aliphatic rings. The van der Waals surface area contributed by atoms with Gasteiger partial charge in [0.1, 0.15) is 48.0 Å². The Kier molecular flexibility index (Phi) is 14.2. The van der Waals surface area contributed by atoms with Crippen LogP contribution in [0.25, 0.3) is 22.3 Å². The fourth-order valence-corrected chi connectivity index (χ4v) is 7.46. The van der Waals surface area contributed by atoms with E-state index in [1.807, 2.05) is 121 Å². The predicted molar refractivity (Wildman–Crippen MR) is 241 cm³/mol. The molecule has 8 rings (SSSR count). The summed E-state index contributed by atoms with van der Waals surface area (Å²) >= 11 is 0. The summed E-state index contributed by atoms with van der Waals surface area (Å²) in [5.41, 5.74) is 3.64. The smallest absolute Gasteiger partial charge is 0.303 e. The molecular weight excluding hydrogens is 829 g/mol. The van der Waals surface area contributed by atoms with Gasteiger partial charge in [-0.15, -0.1) is 0 Å². The van der Waals surface area contributed by atoms with Crippen molar-refractivity contribution in [1.29, 1.82) is 0 Å². The van der Waals surface area contributed by atoms with Gasteiger partial charge in [-0.2, -0.15) is 0 Å². The van der Waals surface area contributed by atoms with E-state index < -0.39 is 48.1 Å². The summed E-state index contributed by atoms with van der Waals surface area (Å²) in [7, 11) is 0. The molecule has 3 unspecified atom stereocenters. The molecule has 1 saturated heterocycles. The summed E-state index contributed by atoms with van der Waals surface area (Å²) in [5.74, 6) is -0.294. The normalized spacial score (nSPS) is 18.0. The minimum absolute atomic E-state index is 0.0283. The Bertz CT molecular complexity index is 2720. The van der Waals surface area contributed by atoms with Crippen molar-refractivity contribution >= 4 is 22.9 Å². The van der Waals surface area contributed by atoms with Crippen LogP contribution in [0.1, 0.15) is 43.0 Å². The van der Waals surface area contributed by atoms with Gasteiger partial charge < -0.3 is 42.3 Å². The second-order valence-corrected chi connectivity index (χ2v) is 15.5. The van der Waals surface area contributed by atoms with Crippen LogP contribution in [0.2, 0.25) is 0 Å². The quantitative estimate of drug-likeness (QED) is 0.0806. The van der Waals surface area contributed by atoms with Crippen molar-refractivity contribution in [3.8, 4) is 34.3 Å². The molecule has 0 aliphatic carbocycles. The van der Waals surface area contributed by atoms with Gasteiger partial charge in [0, 0.05) is 31.5 Å². The Morgan fingerprint density at radius 2 is 1.05 bits per heavy atom. The third-order valence-electron chi connectivity index (χ3n) is 10.6. The fourth-order valence-electron chi connectivity index (χ4n) is 7.46. The molecule has 0 spiro atoms. The van der Waals surface area contributed by atoms with E-state index in [1.165, 1.54) is 13.8 Å². The van der Waals surface area contributed by atoms with Gasteiger partial charge in [0.25, 0.3) is 0 Å². The van der Waals surface area contributed by atoms with Crippen molar-refractivity contribution in [1.82, 2.24) is 0 Å². The van der Waals surface area contributed by atoms with Crippen LogP contribution in [0.3, 0.4) is 0 Å². The number of ether oxygens (including phenoxy) is 8. The zero-order chi connectivity index (χ0) is 45.1. The van der Waals surface area contributed by atoms with Crippen LogP contribution in [-0.4, -0.2) is 42.6 Å². The third kappa shape index (κ3) is 11.2.